The Labute approximate surface area is 174 Å². The lowest BCUT2D eigenvalue weighted by Gasteiger charge is -2.51. The Morgan fingerprint density at radius 3 is 2.34 bits per heavy atom. The van der Waals surface area contributed by atoms with Crippen LogP contribution < -0.4 is 0 Å². The molecule has 1 aromatic rings. The lowest BCUT2D eigenvalue weighted by Crippen LogP contribution is -2.70. The number of halogens is 4. The van der Waals surface area contributed by atoms with E-state index in [-0.39, 0.29) is 23.9 Å². The van der Waals surface area contributed by atoms with E-state index in [4.69, 9.17) is 11.6 Å². The second-order valence-corrected chi connectivity index (χ2v) is 8.69. The van der Waals surface area contributed by atoms with Crippen molar-refractivity contribution >= 4 is 17.5 Å². The van der Waals surface area contributed by atoms with E-state index in [1.54, 1.807) is 17.0 Å². The first kappa shape index (κ1) is 22.4. The second kappa shape index (κ2) is 8.44. The lowest BCUT2D eigenvalue weighted by molar-refractivity contribution is -0.302. The number of carbonyl (C=O) groups excluding carboxylic acids is 1. The van der Waals surface area contributed by atoms with Crippen LogP contribution in [0.5, 0.6) is 0 Å². The van der Waals surface area contributed by atoms with Crippen LogP contribution in [0.1, 0.15) is 51.1 Å². The largest absolute Gasteiger partial charge is 0.419 e. The molecule has 0 aromatic heterocycles. The predicted molar refractivity (Wildman–Crippen MR) is 106 cm³/mol. The molecule has 1 amide bonds. The Kier molecular flexibility index (Phi) is 6.51. The molecule has 1 N–H and O–H groups in total. The maximum Gasteiger partial charge on any atom is 0.419 e. The van der Waals surface area contributed by atoms with E-state index in [2.05, 4.69) is 0 Å². The molecule has 0 spiro atoms. The predicted octanol–water partition coefficient (Wildman–Crippen LogP) is 4.42. The molecule has 2 heterocycles. The monoisotopic (exact) mass is 432 g/mol. The minimum absolute atomic E-state index is 0.0592. The zero-order chi connectivity index (χ0) is 21.4. The Morgan fingerprint density at radius 1 is 1.21 bits per heavy atom. The van der Waals surface area contributed by atoms with Crippen molar-refractivity contribution < 1.29 is 23.1 Å². The standard InChI is InChI=1S/C21H28ClF3N2O2/c1-3-14-7-10-18(15-5-8-16(22)9-6-15)27(19(14)28)17(4-2)11-26-12-20(29,13-26)21(23,24)25/h5-6,8-9,14,17-18,29H,3-4,7,10-13H2,1-2H3/t14-,17-,18?/m0/s1. The summed E-state index contributed by atoms with van der Waals surface area (Å²) in [5.41, 5.74) is -1.65. The molecule has 0 aliphatic carbocycles. The fourth-order valence-electron chi connectivity index (χ4n) is 4.53. The van der Waals surface area contributed by atoms with E-state index in [1.165, 1.54) is 0 Å². The van der Waals surface area contributed by atoms with Gasteiger partial charge in [0.05, 0.1) is 6.04 Å². The molecular formula is C21H28ClF3N2O2. The van der Waals surface area contributed by atoms with Gasteiger partial charge in [0, 0.05) is 36.6 Å². The number of β-amino-alcohol motifs (C(OH)–C–C–N with tert-alkyl or cyclic N) is 1. The van der Waals surface area contributed by atoms with Crippen LogP contribution >= 0.6 is 11.6 Å². The third-order valence-corrected chi connectivity index (χ3v) is 6.56. The topological polar surface area (TPSA) is 43.8 Å². The summed E-state index contributed by atoms with van der Waals surface area (Å²) in [4.78, 5) is 16.7. The molecule has 2 saturated heterocycles. The van der Waals surface area contributed by atoms with Crippen LogP contribution in [0.3, 0.4) is 0 Å². The molecule has 0 bridgehead atoms. The number of benzene rings is 1. The van der Waals surface area contributed by atoms with Crippen LogP contribution in [-0.2, 0) is 4.79 Å². The van der Waals surface area contributed by atoms with Crippen LogP contribution in [0.15, 0.2) is 24.3 Å². The average molecular weight is 433 g/mol. The summed E-state index contributed by atoms with van der Waals surface area (Å²) in [6, 6.07) is 7.10. The van der Waals surface area contributed by atoms with E-state index in [0.717, 1.165) is 24.8 Å². The van der Waals surface area contributed by atoms with Crippen molar-refractivity contribution in [3.05, 3.63) is 34.9 Å². The van der Waals surface area contributed by atoms with Crippen molar-refractivity contribution in [2.75, 3.05) is 19.6 Å². The Bertz CT molecular complexity index is 720. The summed E-state index contributed by atoms with van der Waals surface area (Å²) < 4.78 is 38.9. The summed E-state index contributed by atoms with van der Waals surface area (Å²) in [5, 5.41) is 10.4. The first-order valence-corrected chi connectivity index (χ1v) is 10.6. The van der Waals surface area contributed by atoms with Gasteiger partial charge in [-0.1, -0.05) is 37.6 Å². The van der Waals surface area contributed by atoms with Gasteiger partial charge in [-0.2, -0.15) is 13.2 Å². The number of amides is 1. The van der Waals surface area contributed by atoms with Gasteiger partial charge >= 0.3 is 6.18 Å². The van der Waals surface area contributed by atoms with Gasteiger partial charge in [-0.05, 0) is 43.4 Å². The van der Waals surface area contributed by atoms with E-state index in [0.29, 0.717) is 18.0 Å². The molecule has 2 fully saturated rings. The quantitative estimate of drug-likeness (QED) is 0.723. The number of likely N-dealkylation sites (tertiary alicyclic amines) is 2. The summed E-state index contributed by atoms with van der Waals surface area (Å²) in [6.07, 6.45) is -1.64. The summed E-state index contributed by atoms with van der Waals surface area (Å²) in [6.45, 7) is 3.36. The number of hydrogen-bond donors (Lipinski definition) is 1. The van der Waals surface area contributed by atoms with Gasteiger partial charge in [0.15, 0.2) is 5.60 Å². The third-order valence-electron chi connectivity index (χ3n) is 6.31. The van der Waals surface area contributed by atoms with Crippen LogP contribution in [0.25, 0.3) is 0 Å². The number of nitrogens with zero attached hydrogens (tertiary/aromatic N) is 2. The first-order chi connectivity index (χ1) is 13.6. The zero-order valence-corrected chi connectivity index (χ0v) is 17.5. The average Bonchev–Trinajstić information content (AvgIpc) is 2.64. The van der Waals surface area contributed by atoms with Crippen LogP contribution in [0.2, 0.25) is 5.02 Å². The second-order valence-electron chi connectivity index (χ2n) is 8.26. The summed E-state index contributed by atoms with van der Waals surface area (Å²) in [7, 11) is 0. The van der Waals surface area contributed by atoms with E-state index < -0.39 is 24.9 Å². The molecule has 0 saturated carbocycles. The number of aliphatic hydroxyl groups is 1. The van der Waals surface area contributed by atoms with Crippen LogP contribution in [-0.4, -0.2) is 58.3 Å². The minimum atomic E-state index is -4.63. The highest BCUT2D eigenvalue weighted by Crippen LogP contribution is 2.40. The van der Waals surface area contributed by atoms with Crippen LogP contribution in [0, 0.1) is 5.92 Å². The van der Waals surface area contributed by atoms with Gasteiger partial charge in [0.25, 0.3) is 0 Å². The van der Waals surface area contributed by atoms with Gasteiger partial charge in [0.1, 0.15) is 0 Å². The number of rotatable bonds is 6. The van der Waals surface area contributed by atoms with Gasteiger partial charge in [0.2, 0.25) is 5.91 Å². The van der Waals surface area contributed by atoms with E-state index in [9.17, 15) is 23.1 Å². The Balaban J connectivity index is 1.79. The molecule has 4 nitrogen and oxygen atoms in total. The number of carbonyl (C=O) groups is 1. The lowest BCUT2D eigenvalue weighted by atomic mass is 9.85. The maximum absolute atomic E-state index is 13.2. The SMILES string of the molecule is CC[C@H]1CCC(c2ccc(Cl)cc2)N([C@@H](CC)CN2CC(O)(C(F)(F)F)C2)C1=O. The van der Waals surface area contributed by atoms with E-state index in [1.807, 2.05) is 30.9 Å². The first-order valence-electron chi connectivity index (χ1n) is 10.2. The summed E-state index contributed by atoms with van der Waals surface area (Å²) >= 11 is 6.01. The zero-order valence-electron chi connectivity index (χ0n) is 16.8. The van der Waals surface area contributed by atoms with Gasteiger partial charge in [-0.15, -0.1) is 0 Å². The fraction of sp³-hybridized carbons (Fsp3) is 0.667. The molecule has 1 aromatic carbocycles. The normalized spacial score (nSPS) is 26.3. The molecular weight excluding hydrogens is 405 g/mol. The highest BCUT2D eigenvalue weighted by molar-refractivity contribution is 6.30. The Hall–Kier alpha value is -1.31. The molecule has 0 radical (unpaired) electrons. The molecule has 1 unspecified atom stereocenters. The molecule has 3 rings (SSSR count). The van der Waals surface area contributed by atoms with Crippen LogP contribution in [0.4, 0.5) is 13.2 Å². The third kappa shape index (κ3) is 4.42. The van der Waals surface area contributed by atoms with E-state index >= 15 is 0 Å². The number of alkyl halides is 3. The molecule has 162 valence electrons. The Morgan fingerprint density at radius 2 is 1.83 bits per heavy atom. The molecule has 2 aliphatic heterocycles. The minimum Gasteiger partial charge on any atom is -0.378 e. The molecule has 2 aliphatic rings. The van der Waals surface area contributed by atoms with Crippen molar-refractivity contribution in [1.82, 2.24) is 9.80 Å². The highest BCUT2D eigenvalue weighted by atomic mass is 35.5. The van der Waals surface area contributed by atoms with Crippen molar-refractivity contribution in [3.63, 3.8) is 0 Å². The van der Waals surface area contributed by atoms with Crippen molar-refractivity contribution in [2.24, 2.45) is 5.92 Å². The van der Waals surface area contributed by atoms with Gasteiger partial charge < -0.3 is 10.0 Å². The molecule has 3 atom stereocenters. The number of hydrogen-bond acceptors (Lipinski definition) is 3. The maximum atomic E-state index is 13.2. The van der Waals surface area contributed by atoms with Crippen molar-refractivity contribution in [1.29, 1.82) is 0 Å². The van der Waals surface area contributed by atoms with Gasteiger partial charge in [-0.3, -0.25) is 9.69 Å². The summed E-state index contributed by atoms with van der Waals surface area (Å²) in [5.74, 6) is 0.00764. The van der Waals surface area contributed by atoms with Crippen molar-refractivity contribution in [3.8, 4) is 0 Å². The fourth-order valence-corrected chi connectivity index (χ4v) is 4.65. The van der Waals surface area contributed by atoms with Gasteiger partial charge in [-0.25, -0.2) is 0 Å². The number of piperidine rings is 1. The molecule has 8 heteroatoms. The van der Waals surface area contributed by atoms with Crippen molar-refractivity contribution in [2.45, 2.75) is 63.4 Å². The highest BCUT2D eigenvalue weighted by Gasteiger charge is 2.61. The molecule has 29 heavy (non-hydrogen) atoms. The smallest absolute Gasteiger partial charge is 0.378 e.